The van der Waals surface area contributed by atoms with E-state index in [0.717, 1.165) is 18.5 Å². The Balaban J connectivity index is 3.08. The molecule has 0 atom stereocenters. The third-order valence-electron chi connectivity index (χ3n) is 3.32. The van der Waals surface area contributed by atoms with Gasteiger partial charge in [-0.3, -0.25) is 4.79 Å². The van der Waals surface area contributed by atoms with Crippen molar-refractivity contribution < 1.29 is 9.90 Å². The van der Waals surface area contributed by atoms with Crippen molar-refractivity contribution in [2.24, 2.45) is 0 Å². The molecule has 1 N–H and O–H groups in total. The number of hydrogen-bond acceptors (Lipinski definition) is 4. The van der Waals surface area contributed by atoms with Gasteiger partial charge in [0.2, 0.25) is 0 Å². The number of aliphatic hydroxyl groups is 1. The Morgan fingerprint density at radius 3 is 2.47 bits per heavy atom. The van der Waals surface area contributed by atoms with Crippen LogP contribution in [0.25, 0.3) is 0 Å². The Kier molecular flexibility index (Phi) is 5.89. The van der Waals surface area contributed by atoms with Crippen LogP contribution in [0, 0.1) is 13.8 Å². The fourth-order valence-corrected chi connectivity index (χ4v) is 2.21. The van der Waals surface area contributed by atoms with Gasteiger partial charge in [0.15, 0.2) is 0 Å². The maximum absolute atomic E-state index is 12.6. The van der Waals surface area contributed by atoms with Gasteiger partial charge < -0.3 is 10.0 Å². The number of carbonyl (C=O) groups excluding carboxylic acids is 1. The largest absolute Gasteiger partial charge is 0.395 e. The molecule has 0 aliphatic carbocycles. The Morgan fingerprint density at radius 1 is 1.32 bits per heavy atom. The van der Waals surface area contributed by atoms with Gasteiger partial charge in [0.1, 0.15) is 0 Å². The lowest BCUT2D eigenvalue weighted by Gasteiger charge is -2.30. The van der Waals surface area contributed by atoms with Crippen LogP contribution in [0.5, 0.6) is 0 Å². The average molecular weight is 265 g/mol. The molecule has 0 aliphatic rings. The molecule has 0 spiro atoms. The molecule has 1 aromatic rings. The molecule has 1 amide bonds. The first-order chi connectivity index (χ1) is 9.04. The molecule has 0 fully saturated rings. The monoisotopic (exact) mass is 265 g/mol. The van der Waals surface area contributed by atoms with Crippen LogP contribution in [-0.2, 0) is 0 Å². The number of aliphatic hydroxyl groups excluding tert-OH is 1. The lowest BCUT2D eigenvalue weighted by Crippen LogP contribution is -2.42. The minimum absolute atomic E-state index is 0.0290. The molecule has 5 heteroatoms. The first kappa shape index (κ1) is 15.6. The zero-order valence-electron chi connectivity index (χ0n) is 12.2. The van der Waals surface area contributed by atoms with E-state index in [4.69, 9.17) is 0 Å². The summed E-state index contributed by atoms with van der Waals surface area (Å²) in [6.45, 7) is 8.02. The number of amides is 1. The molecule has 106 valence electrons. The third kappa shape index (κ3) is 3.73. The average Bonchev–Trinajstić information content (AvgIpc) is 2.41. The number of rotatable bonds is 6. The molecule has 19 heavy (non-hydrogen) atoms. The van der Waals surface area contributed by atoms with Crippen molar-refractivity contribution in [3.05, 3.63) is 23.0 Å². The van der Waals surface area contributed by atoms with Gasteiger partial charge >= 0.3 is 0 Å². The van der Waals surface area contributed by atoms with E-state index in [0.29, 0.717) is 17.8 Å². The summed E-state index contributed by atoms with van der Waals surface area (Å²) in [4.78, 5) is 14.4. The van der Waals surface area contributed by atoms with Crippen molar-refractivity contribution in [3.8, 4) is 0 Å². The molecule has 0 unspecified atom stereocenters. The summed E-state index contributed by atoms with van der Waals surface area (Å²) in [5.74, 6) is -0.0711. The van der Waals surface area contributed by atoms with Gasteiger partial charge in [-0.05, 0) is 32.8 Å². The smallest absolute Gasteiger partial charge is 0.256 e. The van der Waals surface area contributed by atoms with E-state index < -0.39 is 0 Å². The van der Waals surface area contributed by atoms with E-state index in [-0.39, 0.29) is 18.6 Å². The van der Waals surface area contributed by atoms with Crippen molar-refractivity contribution in [1.29, 1.82) is 0 Å². The predicted octanol–water partition coefficient (Wildman–Crippen LogP) is 1.72. The molecule has 0 aliphatic heterocycles. The highest BCUT2D eigenvalue weighted by Gasteiger charge is 2.23. The molecular weight excluding hydrogens is 242 g/mol. The topological polar surface area (TPSA) is 66.3 Å². The van der Waals surface area contributed by atoms with Crippen molar-refractivity contribution in [2.45, 2.75) is 46.6 Å². The summed E-state index contributed by atoms with van der Waals surface area (Å²) in [5, 5.41) is 17.1. The highest BCUT2D eigenvalue weighted by atomic mass is 16.3. The quantitative estimate of drug-likeness (QED) is 0.850. The molecule has 0 saturated heterocycles. The van der Waals surface area contributed by atoms with Crippen molar-refractivity contribution in [3.63, 3.8) is 0 Å². The Morgan fingerprint density at radius 2 is 1.95 bits per heavy atom. The van der Waals surface area contributed by atoms with E-state index in [9.17, 15) is 9.90 Å². The van der Waals surface area contributed by atoms with E-state index in [2.05, 4.69) is 24.0 Å². The lowest BCUT2D eigenvalue weighted by atomic mass is 10.1. The van der Waals surface area contributed by atoms with Crippen LogP contribution in [0.4, 0.5) is 0 Å². The number of aryl methyl sites for hydroxylation is 2. The van der Waals surface area contributed by atoms with E-state index in [1.807, 2.05) is 6.92 Å². The van der Waals surface area contributed by atoms with Gasteiger partial charge in [0, 0.05) is 12.6 Å². The predicted molar refractivity (Wildman–Crippen MR) is 74.0 cm³/mol. The summed E-state index contributed by atoms with van der Waals surface area (Å²) >= 11 is 0. The molecule has 0 radical (unpaired) electrons. The summed E-state index contributed by atoms with van der Waals surface area (Å²) < 4.78 is 0. The van der Waals surface area contributed by atoms with Gasteiger partial charge in [-0.2, -0.15) is 10.2 Å². The summed E-state index contributed by atoms with van der Waals surface area (Å²) in [5.41, 5.74) is 1.93. The van der Waals surface area contributed by atoms with Gasteiger partial charge in [0.05, 0.1) is 23.6 Å². The van der Waals surface area contributed by atoms with Crippen molar-refractivity contribution in [2.75, 3.05) is 13.2 Å². The zero-order chi connectivity index (χ0) is 14.4. The van der Waals surface area contributed by atoms with Crippen LogP contribution in [0.1, 0.15) is 48.4 Å². The van der Waals surface area contributed by atoms with E-state index in [1.54, 1.807) is 17.9 Å². The maximum atomic E-state index is 12.6. The summed E-state index contributed by atoms with van der Waals surface area (Å²) in [6, 6.07) is 1.91. The lowest BCUT2D eigenvalue weighted by molar-refractivity contribution is 0.0620. The molecule has 5 nitrogen and oxygen atoms in total. The molecule has 1 aromatic heterocycles. The maximum Gasteiger partial charge on any atom is 0.256 e. The van der Waals surface area contributed by atoms with E-state index >= 15 is 0 Å². The highest BCUT2D eigenvalue weighted by molar-refractivity contribution is 5.95. The third-order valence-corrected chi connectivity index (χ3v) is 3.32. The van der Waals surface area contributed by atoms with E-state index in [1.165, 1.54) is 0 Å². The second kappa shape index (κ2) is 7.19. The van der Waals surface area contributed by atoms with Gasteiger partial charge in [-0.15, -0.1) is 0 Å². The molecule has 0 aromatic carbocycles. The Hall–Kier alpha value is -1.49. The summed E-state index contributed by atoms with van der Waals surface area (Å²) in [7, 11) is 0. The summed E-state index contributed by atoms with van der Waals surface area (Å²) in [6.07, 6.45) is 1.75. The molecule has 0 saturated carbocycles. The number of carbonyl (C=O) groups is 1. The van der Waals surface area contributed by atoms with Crippen molar-refractivity contribution >= 4 is 5.91 Å². The zero-order valence-corrected chi connectivity index (χ0v) is 12.2. The highest BCUT2D eigenvalue weighted by Crippen LogP contribution is 2.15. The first-order valence-corrected chi connectivity index (χ1v) is 6.77. The van der Waals surface area contributed by atoms with Gasteiger partial charge in [0.25, 0.3) is 5.91 Å². The van der Waals surface area contributed by atoms with Crippen molar-refractivity contribution in [1.82, 2.24) is 15.1 Å². The van der Waals surface area contributed by atoms with Crippen LogP contribution in [0.2, 0.25) is 0 Å². The van der Waals surface area contributed by atoms with Crippen LogP contribution in [0.15, 0.2) is 6.07 Å². The molecular formula is C14H23N3O2. The Bertz CT molecular complexity index is 431. The number of aromatic nitrogens is 2. The molecule has 1 heterocycles. The number of nitrogens with zero attached hydrogens (tertiary/aromatic N) is 3. The fraction of sp³-hybridized carbons (Fsp3) is 0.643. The molecule has 0 bridgehead atoms. The first-order valence-electron chi connectivity index (χ1n) is 6.77. The van der Waals surface area contributed by atoms with Crippen LogP contribution in [-0.4, -0.2) is 45.3 Å². The SMILES string of the molecule is CCC(CC)N(CCO)C(=O)c1cc(C)nnc1C. The second-order valence-corrected chi connectivity index (χ2v) is 4.68. The van der Waals surface area contributed by atoms with Gasteiger partial charge in [-0.25, -0.2) is 0 Å². The normalized spacial score (nSPS) is 10.8. The fourth-order valence-electron chi connectivity index (χ4n) is 2.21. The van der Waals surface area contributed by atoms with Crippen LogP contribution in [0.3, 0.4) is 0 Å². The van der Waals surface area contributed by atoms with Crippen LogP contribution >= 0.6 is 0 Å². The minimum Gasteiger partial charge on any atom is -0.395 e. The minimum atomic E-state index is -0.0711. The van der Waals surface area contributed by atoms with Gasteiger partial charge in [-0.1, -0.05) is 13.8 Å². The standard InChI is InChI=1S/C14H23N3O2/c1-5-12(6-2)17(7-8-18)14(19)13-9-10(3)15-16-11(13)4/h9,12,18H,5-8H2,1-4H3. The number of hydrogen-bond donors (Lipinski definition) is 1. The second-order valence-electron chi connectivity index (χ2n) is 4.68. The van der Waals surface area contributed by atoms with Crippen LogP contribution < -0.4 is 0 Å². The molecule has 1 rings (SSSR count). The Labute approximate surface area is 114 Å².